The SMILES string of the molecule is CN1CCC(Nc2c(N3C[C@H](CCCB(O)O)[C@](N)(C(=O)O)C3)c(=O)c2=O)C1. The monoisotopic (exact) mass is 394 g/mol. The fourth-order valence-electron chi connectivity index (χ4n) is 4.32. The number of carboxylic acid groups (broad SMARTS) is 1. The van der Waals surface area contributed by atoms with Gasteiger partial charge in [0.05, 0.1) is 0 Å². The molecule has 0 bridgehead atoms. The molecule has 28 heavy (non-hydrogen) atoms. The van der Waals surface area contributed by atoms with Crippen molar-refractivity contribution in [3.8, 4) is 0 Å². The Bertz CT molecular complexity index is 810. The number of aliphatic carboxylic acids is 1. The van der Waals surface area contributed by atoms with Crippen LogP contribution in [0.15, 0.2) is 9.59 Å². The third-order valence-electron chi connectivity index (χ3n) is 5.98. The fourth-order valence-corrected chi connectivity index (χ4v) is 4.32. The van der Waals surface area contributed by atoms with Gasteiger partial charge in [-0.25, -0.2) is 0 Å². The van der Waals surface area contributed by atoms with Gasteiger partial charge in [0.1, 0.15) is 16.9 Å². The Labute approximate surface area is 162 Å². The molecule has 1 unspecified atom stereocenters. The van der Waals surface area contributed by atoms with E-state index in [-0.39, 0.29) is 36.8 Å². The molecule has 154 valence electrons. The Balaban J connectivity index is 1.77. The van der Waals surface area contributed by atoms with Gasteiger partial charge in [0.2, 0.25) is 0 Å². The first kappa shape index (κ1) is 20.8. The van der Waals surface area contributed by atoms with Gasteiger partial charge >= 0.3 is 13.1 Å². The van der Waals surface area contributed by atoms with Crippen LogP contribution in [0, 0.1) is 5.92 Å². The van der Waals surface area contributed by atoms with E-state index in [0.717, 1.165) is 19.5 Å². The summed E-state index contributed by atoms with van der Waals surface area (Å²) in [5.41, 5.74) is 3.89. The average Bonchev–Trinajstić information content (AvgIpc) is 3.18. The second kappa shape index (κ2) is 7.82. The lowest BCUT2D eigenvalue weighted by Crippen LogP contribution is -2.55. The van der Waals surface area contributed by atoms with Crippen LogP contribution in [0.3, 0.4) is 0 Å². The zero-order valence-corrected chi connectivity index (χ0v) is 15.9. The van der Waals surface area contributed by atoms with Crippen LogP contribution >= 0.6 is 0 Å². The molecule has 3 rings (SSSR count). The number of nitrogens with one attached hydrogen (secondary N) is 1. The molecule has 2 aliphatic rings. The standard InChI is InChI=1S/C17H27BN4O6/c1-21-6-4-11(8-21)20-12-13(15(24)14(12)23)22-7-10(3-2-5-18(27)28)17(19,9-22)16(25)26/h10-11,20,27-28H,2-9,19H2,1H3,(H,25,26)/t10-,11?,17-/m0/s1. The summed E-state index contributed by atoms with van der Waals surface area (Å²) in [6, 6.07) is 0.0681. The molecular formula is C17H27BN4O6. The minimum atomic E-state index is -1.56. The highest BCUT2D eigenvalue weighted by Gasteiger charge is 2.51. The van der Waals surface area contributed by atoms with Gasteiger partial charge < -0.3 is 36.0 Å². The van der Waals surface area contributed by atoms with Crippen LogP contribution in [-0.4, -0.2) is 77.9 Å². The Morgan fingerprint density at radius 2 is 2.04 bits per heavy atom. The van der Waals surface area contributed by atoms with E-state index in [1.54, 1.807) is 4.90 Å². The molecule has 0 aromatic heterocycles. The lowest BCUT2D eigenvalue weighted by atomic mass is 9.78. The van der Waals surface area contributed by atoms with Crippen molar-refractivity contribution in [2.24, 2.45) is 11.7 Å². The van der Waals surface area contributed by atoms with Crippen molar-refractivity contribution in [1.82, 2.24) is 4.90 Å². The number of hydrogen-bond donors (Lipinski definition) is 5. The Morgan fingerprint density at radius 1 is 1.32 bits per heavy atom. The first-order valence-electron chi connectivity index (χ1n) is 9.55. The molecule has 0 radical (unpaired) electrons. The van der Waals surface area contributed by atoms with Crippen molar-refractivity contribution >= 4 is 24.5 Å². The predicted molar refractivity (Wildman–Crippen MR) is 105 cm³/mol. The smallest absolute Gasteiger partial charge is 0.451 e. The first-order chi connectivity index (χ1) is 13.1. The minimum absolute atomic E-state index is 0.0681. The van der Waals surface area contributed by atoms with E-state index in [0.29, 0.717) is 12.8 Å². The topological polar surface area (TPSA) is 156 Å². The van der Waals surface area contributed by atoms with E-state index >= 15 is 0 Å². The summed E-state index contributed by atoms with van der Waals surface area (Å²) in [6.45, 7) is 1.82. The van der Waals surface area contributed by atoms with Crippen LogP contribution in [0.2, 0.25) is 6.32 Å². The lowest BCUT2D eigenvalue weighted by molar-refractivity contribution is -0.144. The quantitative estimate of drug-likeness (QED) is 0.244. The van der Waals surface area contributed by atoms with Gasteiger partial charge in [-0.05, 0) is 32.8 Å². The summed E-state index contributed by atoms with van der Waals surface area (Å²) in [5, 5.41) is 30.8. The molecule has 1 aromatic carbocycles. The van der Waals surface area contributed by atoms with Crippen LogP contribution in [0.25, 0.3) is 0 Å². The average molecular weight is 394 g/mol. The summed E-state index contributed by atoms with van der Waals surface area (Å²) in [7, 11) is 0.526. The Morgan fingerprint density at radius 3 is 2.61 bits per heavy atom. The Kier molecular flexibility index (Phi) is 5.80. The number of nitrogens with zero attached hydrogens (tertiary/aromatic N) is 2. The fraction of sp³-hybridized carbons (Fsp3) is 0.706. The predicted octanol–water partition coefficient (Wildman–Crippen LogP) is -2.13. The van der Waals surface area contributed by atoms with Gasteiger partial charge in [-0.15, -0.1) is 0 Å². The molecule has 0 spiro atoms. The van der Waals surface area contributed by atoms with E-state index in [4.69, 9.17) is 15.8 Å². The van der Waals surface area contributed by atoms with Crippen LogP contribution in [0.1, 0.15) is 19.3 Å². The molecule has 2 heterocycles. The van der Waals surface area contributed by atoms with Crippen molar-refractivity contribution in [2.45, 2.75) is 37.2 Å². The van der Waals surface area contributed by atoms with Crippen molar-refractivity contribution in [3.63, 3.8) is 0 Å². The molecule has 1 aromatic rings. The number of rotatable bonds is 8. The van der Waals surface area contributed by atoms with Crippen molar-refractivity contribution < 1.29 is 19.9 Å². The van der Waals surface area contributed by atoms with Gasteiger partial charge in [-0.3, -0.25) is 14.4 Å². The molecule has 2 saturated heterocycles. The van der Waals surface area contributed by atoms with Crippen molar-refractivity contribution in [1.29, 1.82) is 0 Å². The van der Waals surface area contributed by atoms with E-state index in [2.05, 4.69) is 10.2 Å². The van der Waals surface area contributed by atoms with Gasteiger partial charge in [0, 0.05) is 31.6 Å². The normalized spacial score (nSPS) is 28.2. The summed E-state index contributed by atoms with van der Waals surface area (Å²) in [6.07, 6.45) is 1.75. The first-order valence-corrected chi connectivity index (χ1v) is 9.55. The van der Waals surface area contributed by atoms with Crippen molar-refractivity contribution in [3.05, 3.63) is 20.4 Å². The number of hydrogen-bond acceptors (Lipinski definition) is 9. The van der Waals surface area contributed by atoms with E-state index < -0.39 is 35.4 Å². The minimum Gasteiger partial charge on any atom is -0.480 e. The van der Waals surface area contributed by atoms with Crippen molar-refractivity contribution in [2.75, 3.05) is 43.4 Å². The molecular weight excluding hydrogens is 367 g/mol. The largest absolute Gasteiger partial charge is 0.480 e. The molecule has 0 aliphatic carbocycles. The zero-order chi connectivity index (χ0) is 20.6. The van der Waals surface area contributed by atoms with Crippen LogP contribution in [0.5, 0.6) is 0 Å². The number of nitrogens with two attached hydrogens (primary N) is 1. The number of carboxylic acids is 1. The molecule has 10 nitrogen and oxygen atoms in total. The molecule has 3 atom stereocenters. The number of likely N-dealkylation sites (N-methyl/N-ethyl adjacent to an activating group) is 1. The third-order valence-corrected chi connectivity index (χ3v) is 5.98. The highest BCUT2D eigenvalue weighted by Crippen LogP contribution is 2.35. The molecule has 2 aliphatic heterocycles. The summed E-state index contributed by atoms with van der Waals surface area (Å²) in [4.78, 5) is 39.9. The zero-order valence-electron chi connectivity index (χ0n) is 15.9. The third kappa shape index (κ3) is 3.79. The summed E-state index contributed by atoms with van der Waals surface area (Å²) in [5.74, 6) is -1.64. The van der Waals surface area contributed by atoms with Gasteiger partial charge in [-0.1, -0.05) is 6.42 Å². The van der Waals surface area contributed by atoms with Gasteiger partial charge in [0.15, 0.2) is 0 Å². The van der Waals surface area contributed by atoms with Gasteiger partial charge in [0.25, 0.3) is 10.9 Å². The maximum Gasteiger partial charge on any atom is 0.451 e. The second-order valence-corrected chi connectivity index (χ2v) is 8.11. The number of carbonyl (C=O) groups is 1. The van der Waals surface area contributed by atoms with Crippen LogP contribution < -0.4 is 26.8 Å². The molecule has 0 amide bonds. The van der Waals surface area contributed by atoms with E-state index in [1.165, 1.54) is 0 Å². The van der Waals surface area contributed by atoms with Gasteiger partial charge in [-0.2, -0.15) is 0 Å². The molecule has 2 fully saturated rings. The molecule has 0 saturated carbocycles. The molecule has 11 heteroatoms. The number of anilines is 2. The highest BCUT2D eigenvalue weighted by atomic mass is 16.4. The van der Waals surface area contributed by atoms with E-state index in [1.807, 2.05) is 7.05 Å². The van der Waals surface area contributed by atoms with Crippen LogP contribution in [-0.2, 0) is 4.79 Å². The molecule has 6 N–H and O–H groups in total. The Hall–Kier alpha value is -1.95. The number of likely N-dealkylation sites (tertiary alicyclic amines) is 1. The lowest BCUT2D eigenvalue weighted by Gasteiger charge is -2.26. The van der Waals surface area contributed by atoms with E-state index in [9.17, 15) is 19.5 Å². The summed E-state index contributed by atoms with van der Waals surface area (Å²) < 4.78 is 0. The summed E-state index contributed by atoms with van der Waals surface area (Å²) >= 11 is 0. The van der Waals surface area contributed by atoms with Crippen LogP contribution in [0.4, 0.5) is 11.4 Å². The second-order valence-electron chi connectivity index (χ2n) is 8.11. The maximum absolute atomic E-state index is 12.2. The highest BCUT2D eigenvalue weighted by molar-refractivity contribution is 6.40. The maximum atomic E-state index is 12.2.